The van der Waals surface area contributed by atoms with Gasteiger partial charge in [0.1, 0.15) is 11.5 Å². The number of ether oxygens (including phenoxy) is 2. The van der Waals surface area contributed by atoms with Crippen LogP contribution in [0.15, 0.2) is 12.1 Å². The van der Waals surface area contributed by atoms with Gasteiger partial charge in [-0.05, 0) is 39.3 Å². The monoisotopic (exact) mass is 264 g/mol. The summed E-state index contributed by atoms with van der Waals surface area (Å²) in [4.78, 5) is 0. The summed E-state index contributed by atoms with van der Waals surface area (Å²) in [5.74, 6) is 1.72. The van der Waals surface area contributed by atoms with E-state index in [9.17, 15) is 0 Å². The van der Waals surface area contributed by atoms with Crippen LogP contribution in [0.2, 0.25) is 0 Å². The van der Waals surface area contributed by atoms with Gasteiger partial charge in [0.2, 0.25) is 0 Å². The lowest BCUT2D eigenvalue weighted by atomic mass is 10.0. The summed E-state index contributed by atoms with van der Waals surface area (Å²) in [5.41, 5.74) is 2.26. The lowest BCUT2D eigenvalue weighted by Crippen LogP contribution is -2.31. The van der Waals surface area contributed by atoms with Crippen molar-refractivity contribution in [3.63, 3.8) is 0 Å². The van der Waals surface area contributed by atoms with Crippen LogP contribution in [0.1, 0.15) is 25.8 Å². The average molecular weight is 264 g/mol. The van der Waals surface area contributed by atoms with Gasteiger partial charge in [-0.3, -0.25) is 0 Å². The molecule has 1 aromatic carbocycles. The highest BCUT2D eigenvalue weighted by Crippen LogP contribution is 2.36. The Hall–Kier alpha value is -1.42. The van der Waals surface area contributed by atoms with Crippen LogP contribution in [0, 0.1) is 6.92 Å². The minimum absolute atomic E-state index is 0.201. The largest absolute Gasteiger partial charge is 0.496 e. The highest BCUT2D eigenvalue weighted by atomic mass is 16.5. The lowest BCUT2D eigenvalue weighted by Gasteiger charge is -2.20. The van der Waals surface area contributed by atoms with Crippen LogP contribution in [-0.2, 0) is 0 Å². The van der Waals surface area contributed by atoms with E-state index in [4.69, 9.17) is 9.47 Å². The van der Waals surface area contributed by atoms with Crippen molar-refractivity contribution < 1.29 is 9.47 Å². The van der Waals surface area contributed by atoms with Crippen molar-refractivity contribution >= 4 is 5.69 Å². The highest BCUT2D eigenvalue weighted by molar-refractivity contribution is 5.64. The Balaban J connectivity index is 2.19. The maximum Gasteiger partial charge on any atom is 0.148 e. The smallest absolute Gasteiger partial charge is 0.148 e. The average Bonchev–Trinajstić information content (AvgIpc) is 2.69. The first-order valence-electron chi connectivity index (χ1n) is 6.70. The fourth-order valence-corrected chi connectivity index (χ4v) is 2.75. The fourth-order valence-electron chi connectivity index (χ4n) is 2.75. The van der Waals surface area contributed by atoms with Crippen molar-refractivity contribution in [2.24, 2.45) is 0 Å². The SMILES string of the molecule is COc1ccc(NC2CNC(C)(C)C2)c(OC)c1C. The zero-order valence-electron chi connectivity index (χ0n) is 12.5. The standard InChI is InChI=1S/C15H24N2O2/c1-10-13(18-4)7-6-12(14(10)19-5)17-11-8-15(2,3)16-9-11/h6-7,11,16-17H,8-9H2,1-5H3. The quantitative estimate of drug-likeness (QED) is 0.877. The molecule has 0 aromatic heterocycles. The van der Waals surface area contributed by atoms with E-state index in [0.29, 0.717) is 6.04 Å². The van der Waals surface area contributed by atoms with Crippen molar-refractivity contribution in [3.8, 4) is 11.5 Å². The zero-order valence-corrected chi connectivity index (χ0v) is 12.5. The van der Waals surface area contributed by atoms with Gasteiger partial charge in [0.15, 0.2) is 0 Å². The van der Waals surface area contributed by atoms with Crippen molar-refractivity contribution in [1.29, 1.82) is 0 Å². The molecule has 1 aliphatic heterocycles. The summed E-state index contributed by atoms with van der Waals surface area (Å²) in [7, 11) is 3.38. The maximum atomic E-state index is 5.52. The summed E-state index contributed by atoms with van der Waals surface area (Å²) in [6.45, 7) is 7.44. The normalized spacial score (nSPS) is 21.2. The molecule has 1 aromatic rings. The molecule has 4 nitrogen and oxygen atoms in total. The van der Waals surface area contributed by atoms with E-state index in [1.807, 2.05) is 19.1 Å². The van der Waals surface area contributed by atoms with Gasteiger partial charge >= 0.3 is 0 Å². The number of anilines is 1. The lowest BCUT2D eigenvalue weighted by molar-refractivity contribution is 0.389. The number of rotatable bonds is 4. The van der Waals surface area contributed by atoms with Gasteiger partial charge in [0, 0.05) is 23.7 Å². The van der Waals surface area contributed by atoms with Gasteiger partial charge in [0.25, 0.3) is 0 Å². The number of nitrogens with one attached hydrogen (secondary N) is 2. The molecule has 0 spiro atoms. The number of methoxy groups -OCH3 is 2. The molecule has 0 radical (unpaired) electrons. The Bertz CT molecular complexity index is 458. The molecular weight excluding hydrogens is 240 g/mol. The van der Waals surface area contributed by atoms with Gasteiger partial charge in [-0.1, -0.05) is 0 Å². The van der Waals surface area contributed by atoms with E-state index in [0.717, 1.165) is 35.7 Å². The molecule has 1 saturated heterocycles. The Morgan fingerprint density at radius 2 is 2.00 bits per heavy atom. The van der Waals surface area contributed by atoms with Gasteiger partial charge in [0.05, 0.1) is 19.9 Å². The Labute approximate surface area is 115 Å². The molecule has 1 atom stereocenters. The Morgan fingerprint density at radius 3 is 2.53 bits per heavy atom. The second-order valence-corrected chi connectivity index (χ2v) is 5.78. The van der Waals surface area contributed by atoms with E-state index in [-0.39, 0.29) is 5.54 Å². The van der Waals surface area contributed by atoms with E-state index >= 15 is 0 Å². The van der Waals surface area contributed by atoms with Crippen molar-refractivity contribution in [2.45, 2.75) is 38.8 Å². The first-order valence-corrected chi connectivity index (χ1v) is 6.70. The predicted molar refractivity (Wildman–Crippen MR) is 78.4 cm³/mol. The molecule has 1 heterocycles. The molecular formula is C15H24N2O2. The molecule has 0 saturated carbocycles. The van der Waals surface area contributed by atoms with Crippen molar-refractivity contribution in [1.82, 2.24) is 5.32 Å². The third kappa shape index (κ3) is 2.95. The molecule has 0 aliphatic carbocycles. The third-order valence-corrected chi connectivity index (χ3v) is 3.72. The Morgan fingerprint density at radius 1 is 1.26 bits per heavy atom. The van der Waals surface area contributed by atoms with Crippen LogP contribution < -0.4 is 20.1 Å². The van der Waals surface area contributed by atoms with E-state index < -0.39 is 0 Å². The molecule has 106 valence electrons. The van der Waals surface area contributed by atoms with Crippen LogP contribution in [-0.4, -0.2) is 32.3 Å². The summed E-state index contributed by atoms with van der Waals surface area (Å²) >= 11 is 0. The van der Waals surface area contributed by atoms with Crippen molar-refractivity contribution in [2.75, 3.05) is 26.1 Å². The summed E-state index contributed by atoms with van der Waals surface area (Å²) in [6, 6.07) is 4.43. The molecule has 1 aliphatic rings. The summed E-state index contributed by atoms with van der Waals surface area (Å²) in [6.07, 6.45) is 1.10. The topological polar surface area (TPSA) is 42.5 Å². The van der Waals surface area contributed by atoms with E-state index in [2.05, 4.69) is 24.5 Å². The molecule has 1 fully saturated rings. The van der Waals surface area contributed by atoms with E-state index in [1.165, 1.54) is 0 Å². The van der Waals surface area contributed by atoms with Crippen LogP contribution in [0.25, 0.3) is 0 Å². The van der Waals surface area contributed by atoms with Crippen LogP contribution in [0.5, 0.6) is 11.5 Å². The number of benzene rings is 1. The molecule has 1 unspecified atom stereocenters. The molecule has 2 rings (SSSR count). The molecule has 4 heteroatoms. The number of hydrogen-bond donors (Lipinski definition) is 2. The third-order valence-electron chi connectivity index (χ3n) is 3.72. The second kappa shape index (κ2) is 5.29. The van der Waals surface area contributed by atoms with Gasteiger partial charge in [-0.15, -0.1) is 0 Å². The summed E-state index contributed by atoms with van der Waals surface area (Å²) in [5, 5.41) is 7.08. The minimum atomic E-state index is 0.201. The Kier molecular flexibility index (Phi) is 3.90. The van der Waals surface area contributed by atoms with Crippen LogP contribution in [0.4, 0.5) is 5.69 Å². The maximum absolute atomic E-state index is 5.52. The molecule has 19 heavy (non-hydrogen) atoms. The second-order valence-electron chi connectivity index (χ2n) is 5.78. The van der Waals surface area contributed by atoms with Crippen molar-refractivity contribution in [3.05, 3.63) is 17.7 Å². The summed E-state index contributed by atoms with van der Waals surface area (Å²) < 4.78 is 10.8. The van der Waals surface area contributed by atoms with Gasteiger partial charge in [-0.2, -0.15) is 0 Å². The molecule has 0 amide bonds. The van der Waals surface area contributed by atoms with E-state index in [1.54, 1.807) is 14.2 Å². The minimum Gasteiger partial charge on any atom is -0.496 e. The predicted octanol–water partition coefficient (Wildman–Crippen LogP) is 2.56. The van der Waals surface area contributed by atoms with Crippen LogP contribution >= 0.6 is 0 Å². The molecule has 0 bridgehead atoms. The fraction of sp³-hybridized carbons (Fsp3) is 0.600. The molecule has 2 N–H and O–H groups in total. The number of hydrogen-bond acceptors (Lipinski definition) is 4. The first-order chi connectivity index (χ1) is 8.96. The van der Waals surface area contributed by atoms with Gasteiger partial charge in [-0.25, -0.2) is 0 Å². The van der Waals surface area contributed by atoms with Crippen LogP contribution in [0.3, 0.4) is 0 Å². The first kappa shape index (κ1) is 14.0. The highest BCUT2D eigenvalue weighted by Gasteiger charge is 2.30. The van der Waals surface area contributed by atoms with Gasteiger partial charge < -0.3 is 20.1 Å². The zero-order chi connectivity index (χ0) is 14.0.